The molecule has 0 aromatic carbocycles. The Morgan fingerprint density at radius 3 is 2.35 bits per heavy atom. The topological polar surface area (TPSA) is 35.0 Å². The highest BCUT2D eigenvalue weighted by molar-refractivity contribution is 6.30. The summed E-state index contributed by atoms with van der Waals surface area (Å²) in [6.07, 6.45) is 2.40. The van der Waals surface area contributed by atoms with E-state index in [1.807, 2.05) is 6.92 Å². The van der Waals surface area contributed by atoms with Crippen molar-refractivity contribution in [1.29, 1.82) is 0 Å². The second-order valence-corrected chi connectivity index (χ2v) is 5.38. The molecule has 94 valence electrons. The molecule has 4 heteroatoms. The van der Waals surface area contributed by atoms with Crippen molar-refractivity contribution in [3.63, 3.8) is 0 Å². The van der Waals surface area contributed by atoms with Gasteiger partial charge in [-0.05, 0) is 31.6 Å². The molecule has 3 nitrogen and oxygen atoms in total. The van der Waals surface area contributed by atoms with Gasteiger partial charge in [0.25, 0.3) is 0 Å². The largest absolute Gasteiger partial charge is 0.373 e. The predicted octanol–water partition coefficient (Wildman–Crippen LogP) is 3.66. The fourth-order valence-electron chi connectivity index (χ4n) is 2.26. The van der Waals surface area contributed by atoms with Crippen LogP contribution in [0.15, 0.2) is 0 Å². The van der Waals surface area contributed by atoms with E-state index in [2.05, 4.69) is 23.8 Å². The van der Waals surface area contributed by atoms with E-state index in [-0.39, 0.29) is 6.10 Å². The maximum absolute atomic E-state index is 6.25. The van der Waals surface area contributed by atoms with Crippen LogP contribution in [-0.4, -0.2) is 17.1 Å². The molecule has 0 saturated heterocycles. The minimum atomic E-state index is 0.00686. The fourth-order valence-corrected chi connectivity index (χ4v) is 2.70. The molecule has 0 spiro atoms. The summed E-state index contributed by atoms with van der Waals surface area (Å²) in [5, 5.41) is 0.574. The molecule has 0 bridgehead atoms. The van der Waals surface area contributed by atoms with Crippen molar-refractivity contribution < 1.29 is 4.74 Å². The SMILES string of the molecule is COC(c1nc(C)c(C(C)C)c(Cl)n1)C1CC1. The Bertz CT molecular complexity index is 393. The van der Waals surface area contributed by atoms with Crippen LogP contribution >= 0.6 is 11.6 Å². The standard InChI is InChI=1S/C13H19ClN2O/c1-7(2)10-8(3)15-13(16-12(10)14)11(17-4)9-5-6-9/h7,9,11H,5-6H2,1-4H3. The summed E-state index contributed by atoms with van der Waals surface area (Å²) in [6, 6.07) is 0. The molecule has 1 aliphatic carbocycles. The van der Waals surface area contributed by atoms with Crippen molar-refractivity contribution >= 4 is 11.6 Å². The molecule has 1 fully saturated rings. The quantitative estimate of drug-likeness (QED) is 0.769. The van der Waals surface area contributed by atoms with Crippen LogP contribution in [0.25, 0.3) is 0 Å². The zero-order chi connectivity index (χ0) is 12.6. The summed E-state index contributed by atoms with van der Waals surface area (Å²) in [5.74, 6) is 1.65. The molecule has 0 N–H and O–H groups in total. The second-order valence-electron chi connectivity index (χ2n) is 5.02. The van der Waals surface area contributed by atoms with E-state index in [1.54, 1.807) is 7.11 Å². The third-order valence-corrected chi connectivity index (χ3v) is 3.53. The average Bonchev–Trinajstić information content (AvgIpc) is 3.01. The average molecular weight is 255 g/mol. The maximum Gasteiger partial charge on any atom is 0.159 e. The van der Waals surface area contributed by atoms with E-state index in [1.165, 1.54) is 12.8 Å². The summed E-state index contributed by atoms with van der Waals surface area (Å²) in [7, 11) is 1.71. The lowest BCUT2D eigenvalue weighted by molar-refractivity contribution is 0.0770. The number of hydrogen-bond acceptors (Lipinski definition) is 3. The van der Waals surface area contributed by atoms with Gasteiger partial charge in [-0.1, -0.05) is 25.4 Å². The smallest absolute Gasteiger partial charge is 0.159 e. The molecule has 17 heavy (non-hydrogen) atoms. The van der Waals surface area contributed by atoms with E-state index in [0.717, 1.165) is 17.1 Å². The van der Waals surface area contributed by atoms with E-state index in [4.69, 9.17) is 16.3 Å². The van der Waals surface area contributed by atoms with Gasteiger partial charge in [-0.3, -0.25) is 0 Å². The first-order valence-corrected chi connectivity index (χ1v) is 6.49. The fraction of sp³-hybridized carbons (Fsp3) is 0.692. The van der Waals surface area contributed by atoms with Crippen molar-refractivity contribution in [2.24, 2.45) is 5.92 Å². The molecule has 1 unspecified atom stereocenters. The van der Waals surface area contributed by atoms with Crippen molar-refractivity contribution in [2.45, 2.75) is 45.6 Å². The zero-order valence-electron chi connectivity index (χ0n) is 10.8. The molecule has 1 aromatic rings. The van der Waals surface area contributed by atoms with Gasteiger partial charge in [0, 0.05) is 18.4 Å². The van der Waals surface area contributed by atoms with Crippen molar-refractivity contribution in [3.8, 4) is 0 Å². The Labute approximate surface area is 108 Å². The number of nitrogens with zero attached hydrogens (tertiary/aromatic N) is 2. The van der Waals surface area contributed by atoms with Gasteiger partial charge in [0.2, 0.25) is 0 Å². The molecule has 1 saturated carbocycles. The van der Waals surface area contributed by atoms with Gasteiger partial charge in [0.05, 0.1) is 0 Å². The lowest BCUT2D eigenvalue weighted by Crippen LogP contribution is -2.12. The van der Waals surface area contributed by atoms with Crippen molar-refractivity contribution in [1.82, 2.24) is 9.97 Å². The third-order valence-electron chi connectivity index (χ3n) is 3.24. The van der Waals surface area contributed by atoms with Crippen molar-refractivity contribution in [2.75, 3.05) is 7.11 Å². The molecule has 2 rings (SSSR count). The predicted molar refractivity (Wildman–Crippen MR) is 68.3 cm³/mol. The monoisotopic (exact) mass is 254 g/mol. The number of aryl methyl sites for hydroxylation is 1. The van der Waals surface area contributed by atoms with Gasteiger partial charge in [-0.15, -0.1) is 0 Å². The second kappa shape index (κ2) is 4.91. The summed E-state index contributed by atoms with van der Waals surface area (Å²) < 4.78 is 5.49. The van der Waals surface area contributed by atoms with Gasteiger partial charge < -0.3 is 4.74 Å². The summed E-state index contributed by atoms with van der Waals surface area (Å²) >= 11 is 6.25. The van der Waals surface area contributed by atoms with Crippen LogP contribution in [0, 0.1) is 12.8 Å². The van der Waals surface area contributed by atoms with Crippen LogP contribution in [0.1, 0.15) is 55.8 Å². The highest BCUT2D eigenvalue weighted by Crippen LogP contribution is 2.42. The van der Waals surface area contributed by atoms with Crippen LogP contribution in [0.2, 0.25) is 5.15 Å². The Morgan fingerprint density at radius 2 is 1.94 bits per heavy atom. The normalized spacial score (nSPS) is 17.5. The molecule has 0 amide bonds. The summed E-state index contributed by atoms with van der Waals surface area (Å²) in [4.78, 5) is 8.98. The Morgan fingerprint density at radius 1 is 1.29 bits per heavy atom. The lowest BCUT2D eigenvalue weighted by Gasteiger charge is -2.17. The Hall–Kier alpha value is -0.670. The lowest BCUT2D eigenvalue weighted by atomic mass is 10.0. The van der Waals surface area contributed by atoms with Crippen LogP contribution in [0.3, 0.4) is 0 Å². The number of halogens is 1. The minimum absolute atomic E-state index is 0.00686. The van der Waals surface area contributed by atoms with E-state index >= 15 is 0 Å². The molecule has 1 aliphatic rings. The molecule has 0 radical (unpaired) electrons. The van der Waals surface area contributed by atoms with Crippen LogP contribution in [-0.2, 0) is 4.74 Å². The number of ether oxygens (including phenoxy) is 1. The van der Waals surface area contributed by atoms with Gasteiger partial charge in [-0.25, -0.2) is 9.97 Å². The zero-order valence-corrected chi connectivity index (χ0v) is 11.6. The molecule has 1 aromatic heterocycles. The van der Waals surface area contributed by atoms with Crippen LogP contribution in [0.5, 0.6) is 0 Å². The number of rotatable bonds is 4. The first-order chi connectivity index (χ1) is 8.04. The van der Waals surface area contributed by atoms with E-state index < -0.39 is 0 Å². The first-order valence-electron chi connectivity index (χ1n) is 6.11. The number of aromatic nitrogens is 2. The molecular weight excluding hydrogens is 236 g/mol. The Kier molecular flexibility index (Phi) is 3.69. The third kappa shape index (κ3) is 2.61. The van der Waals surface area contributed by atoms with Gasteiger partial charge >= 0.3 is 0 Å². The highest BCUT2D eigenvalue weighted by Gasteiger charge is 2.35. The molecule has 1 heterocycles. The molecule has 0 aliphatic heterocycles. The molecular formula is C13H19ClN2O. The van der Waals surface area contributed by atoms with Crippen LogP contribution in [0.4, 0.5) is 0 Å². The van der Waals surface area contributed by atoms with Crippen molar-refractivity contribution in [3.05, 3.63) is 22.2 Å². The molecule has 1 atom stereocenters. The van der Waals surface area contributed by atoms with E-state index in [9.17, 15) is 0 Å². The highest BCUT2D eigenvalue weighted by atomic mass is 35.5. The first kappa shape index (κ1) is 12.8. The summed E-state index contributed by atoms with van der Waals surface area (Å²) in [6.45, 7) is 6.20. The minimum Gasteiger partial charge on any atom is -0.373 e. The van der Waals surface area contributed by atoms with Gasteiger partial charge in [0.15, 0.2) is 5.82 Å². The van der Waals surface area contributed by atoms with Gasteiger partial charge in [0.1, 0.15) is 11.3 Å². The maximum atomic E-state index is 6.25. The number of methoxy groups -OCH3 is 1. The summed E-state index contributed by atoms with van der Waals surface area (Å²) in [5.41, 5.74) is 2.01. The Balaban J connectivity index is 2.36. The van der Waals surface area contributed by atoms with Crippen LogP contribution < -0.4 is 0 Å². The number of hydrogen-bond donors (Lipinski definition) is 0. The van der Waals surface area contributed by atoms with E-state index in [0.29, 0.717) is 17.0 Å². The van der Waals surface area contributed by atoms with Gasteiger partial charge in [-0.2, -0.15) is 0 Å².